The number of halogens is 1. The third kappa shape index (κ3) is 2.62. The van der Waals surface area contributed by atoms with Crippen LogP contribution in [0.3, 0.4) is 0 Å². The molecule has 90 valence electrons. The maximum Gasteiger partial charge on any atom is 0.270 e. The molecule has 2 nitrogen and oxygen atoms in total. The SMILES string of the molecule is CCN(CC)C(=S)C(F)(C#N)c1ccccc1. The predicted molar refractivity (Wildman–Crippen MR) is 70.4 cm³/mol. The normalized spacial score (nSPS) is 13.5. The molecule has 0 bridgehead atoms. The van der Waals surface area contributed by atoms with Crippen LogP contribution in [0.4, 0.5) is 4.39 Å². The minimum absolute atomic E-state index is 0.0381. The van der Waals surface area contributed by atoms with Gasteiger partial charge in [0.25, 0.3) is 5.67 Å². The van der Waals surface area contributed by atoms with Crippen LogP contribution in [-0.4, -0.2) is 23.0 Å². The zero-order valence-corrected chi connectivity index (χ0v) is 10.8. The molecule has 4 heteroatoms. The summed E-state index contributed by atoms with van der Waals surface area (Å²) in [7, 11) is 0. The molecular weight excluding hydrogens is 235 g/mol. The van der Waals surface area contributed by atoms with Crippen molar-refractivity contribution in [2.24, 2.45) is 0 Å². The third-order valence-electron chi connectivity index (χ3n) is 2.67. The van der Waals surface area contributed by atoms with Gasteiger partial charge in [-0.05, 0) is 13.8 Å². The number of hydrogen-bond donors (Lipinski definition) is 0. The zero-order chi connectivity index (χ0) is 12.9. The molecule has 0 amide bonds. The second-order valence-electron chi connectivity index (χ2n) is 3.61. The molecule has 0 heterocycles. The van der Waals surface area contributed by atoms with Crippen LogP contribution in [0.25, 0.3) is 0 Å². The molecule has 0 spiro atoms. The molecule has 0 fully saturated rings. The summed E-state index contributed by atoms with van der Waals surface area (Å²) < 4.78 is 14.7. The van der Waals surface area contributed by atoms with Crippen molar-refractivity contribution in [2.45, 2.75) is 19.5 Å². The van der Waals surface area contributed by atoms with Gasteiger partial charge in [-0.1, -0.05) is 42.5 Å². The molecule has 0 saturated carbocycles. The van der Waals surface area contributed by atoms with Crippen molar-refractivity contribution in [1.82, 2.24) is 4.90 Å². The summed E-state index contributed by atoms with van der Waals surface area (Å²) in [5.74, 6) is 0. The van der Waals surface area contributed by atoms with E-state index in [1.54, 1.807) is 41.3 Å². The first-order valence-corrected chi connectivity index (χ1v) is 5.96. The van der Waals surface area contributed by atoms with E-state index in [-0.39, 0.29) is 4.99 Å². The lowest BCUT2D eigenvalue weighted by molar-refractivity contribution is 0.305. The fraction of sp³-hybridized carbons (Fsp3) is 0.385. The molecule has 0 aliphatic carbocycles. The highest BCUT2D eigenvalue weighted by atomic mass is 32.1. The standard InChI is InChI=1S/C13H15FN2S/c1-3-16(4-2)12(17)13(14,10-15)11-8-6-5-7-9-11/h5-9H,3-4H2,1-2H3. The molecule has 1 atom stereocenters. The van der Waals surface area contributed by atoms with E-state index in [0.29, 0.717) is 18.7 Å². The fourth-order valence-electron chi connectivity index (χ4n) is 1.63. The van der Waals surface area contributed by atoms with Gasteiger partial charge in [-0.3, -0.25) is 0 Å². The van der Waals surface area contributed by atoms with Crippen molar-refractivity contribution in [3.05, 3.63) is 35.9 Å². The number of benzene rings is 1. The van der Waals surface area contributed by atoms with Gasteiger partial charge >= 0.3 is 0 Å². The molecule has 0 aliphatic heterocycles. The lowest BCUT2D eigenvalue weighted by atomic mass is 9.96. The van der Waals surface area contributed by atoms with E-state index >= 15 is 0 Å². The Morgan fingerprint density at radius 1 is 1.35 bits per heavy atom. The van der Waals surface area contributed by atoms with Crippen LogP contribution < -0.4 is 0 Å². The summed E-state index contributed by atoms with van der Waals surface area (Å²) in [5, 5.41) is 9.11. The van der Waals surface area contributed by atoms with Gasteiger partial charge in [0.05, 0.1) is 0 Å². The molecule has 1 rings (SSSR count). The second kappa shape index (κ2) is 5.74. The summed E-state index contributed by atoms with van der Waals surface area (Å²) in [6, 6.07) is 10.0. The Balaban J connectivity index is 3.14. The quantitative estimate of drug-likeness (QED) is 0.768. The minimum atomic E-state index is -2.22. The smallest absolute Gasteiger partial charge is 0.270 e. The molecule has 0 N–H and O–H groups in total. The van der Waals surface area contributed by atoms with E-state index in [9.17, 15) is 4.39 Å². The summed E-state index contributed by atoms with van der Waals surface area (Å²) >= 11 is 5.12. The summed E-state index contributed by atoms with van der Waals surface area (Å²) in [6.07, 6.45) is 0. The van der Waals surface area contributed by atoms with Gasteiger partial charge in [0, 0.05) is 18.7 Å². The van der Waals surface area contributed by atoms with Crippen molar-refractivity contribution in [3.8, 4) is 6.07 Å². The Hall–Kier alpha value is -1.47. The van der Waals surface area contributed by atoms with Gasteiger partial charge in [-0.2, -0.15) is 5.26 Å². The van der Waals surface area contributed by atoms with Crippen molar-refractivity contribution in [1.29, 1.82) is 5.26 Å². The van der Waals surface area contributed by atoms with Crippen LogP contribution in [0.2, 0.25) is 0 Å². The largest absolute Gasteiger partial charge is 0.363 e. The van der Waals surface area contributed by atoms with E-state index < -0.39 is 5.67 Å². The number of alkyl halides is 1. The first-order valence-electron chi connectivity index (χ1n) is 5.55. The van der Waals surface area contributed by atoms with Gasteiger partial charge in [-0.15, -0.1) is 0 Å². The first kappa shape index (κ1) is 13.6. The Kier molecular flexibility index (Phi) is 4.59. The van der Waals surface area contributed by atoms with Crippen molar-refractivity contribution in [3.63, 3.8) is 0 Å². The highest BCUT2D eigenvalue weighted by Gasteiger charge is 2.39. The van der Waals surface area contributed by atoms with Gasteiger partial charge in [-0.25, -0.2) is 4.39 Å². The number of rotatable bonds is 4. The third-order valence-corrected chi connectivity index (χ3v) is 3.21. The maximum absolute atomic E-state index is 14.7. The van der Waals surface area contributed by atoms with E-state index in [1.165, 1.54) is 0 Å². The molecule has 1 aromatic rings. The average molecular weight is 250 g/mol. The van der Waals surface area contributed by atoms with Crippen LogP contribution in [0, 0.1) is 11.3 Å². The minimum Gasteiger partial charge on any atom is -0.363 e. The number of nitriles is 1. The molecular formula is C13H15FN2S. The Morgan fingerprint density at radius 2 is 1.88 bits per heavy atom. The highest BCUT2D eigenvalue weighted by Crippen LogP contribution is 2.28. The molecule has 0 saturated heterocycles. The lowest BCUT2D eigenvalue weighted by Gasteiger charge is -2.28. The van der Waals surface area contributed by atoms with Crippen molar-refractivity contribution >= 4 is 17.2 Å². The van der Waals surface area contributed by atoms with Crippen LogP contribution in [0.15, 0.2) is 30.3 Å². The molecule has 0 aromatic heterocycles. The number of hydrogen-bond acceptors (Lipinski definition) is 2. The number of nitrogens with zero attached hydrogens (tertiary/aromatic N) is 2. The van der Waals surface area contributed by atoms with Gasteiger partial charge in [0.1, 0.15) is 11.1 Å². The number of thiocarbonyl (C=S) groups is 1. The van der Waals surface area contributed by atoms with Crippen LogP contribution in [0.1, 0.15) is 19.4 Å². The van der Waals surface area contributed by atoms with Gasteiger partial charge in [0.2, 0.25) is 0 Å². The Morgan fingerprint density at radius 3 is 2.29 bits per heavy atom. The monoisotopic (exact) mass is 250 g/mol. The van der Waals surface area contributed by atoms with E-state index in [1.807, 2.05) is 13.8 Å². The number of likely N-dealkylation sites (N-methyl/N-ethyl adjacent to an activating group) is 1. The summed E-state index contributed by atoms with van der Waals surface area (Å²) in [4.78, 5) is 1.72. The average Bonchev–Trinajstić information content (AvgIpc) is 2.40. The van der Waals surface area contributed by atoms with Crippen molar-refractivity contribution < 1.29 is 4.39 Å². The lowest BCUT2D eigenvalue weighted by Crippen LogP contribution is -2.42. The molecule has 0 radical (unpaired) electrons. The summed E-state index contributed by atoms with van der Waals surface area (Å²) in [5.41, 5.74) is -1.93. The maximum atomic E-state index is 14.7. The molecule has 1 unspecified atom stereocenters. The first-order chi connectivity index (χ1) is 8.10. The van der Waals surface area contributed by atoms with Crippen molar-refractivity contribution in [2.75, 3.05) is 13.1 Å². The van der Waals surface area contributed by atoms with E-state index in [2.05, 4.69) is 0 Å². The Bertz CT molecular complexity index is 423. The van der Waals surface area contributed by atoms with Crippen LogP contribution in [0.5, 0.6) is 0 Å². The van der Waals surface area contributed by atoms with E-state index in [0.717, 1.165) is 0 Å². The Labute approximate surface area is 107 Å². The summed E-state index contributed by atoms with van der Waals surface area (Å²) in [6.45, 7) is 4.96. The predicted octanol–water partition coefficient (Wildman–Crippen LogP) is 3.04. The molecule has 17 heavy (non-hydrogen) atoms. The highest BCUT2D eigenvalue weighted by molar-refractivity contribution is 7.80. The topological polar surface area (TPSA) is 27.0 Å². The molecule has 1 aromatic carbocycles. The van der Waals surface area contributed by atoms with Crippen LogP contribution >= 0.6 is 12.2 Å². The second-order valence-corrected chi connectivity index (χ2v) is 4.00. The van der Waals surface area contributed by atoms with Gasteiger partial charge < -0.3 is 4.90 Å². The van der Waals surface area contributed by atoms with Gasteiger partial charge in [0.15, 0.2) is 0 Å². The zero-order valence-electron chi connectivity index (χ0n) is 9.98. The van der Waals surface area contributed by atoms with Crippen LogP contribution in [-0.2, 0) is 5.67 Å². The molecule has 0 aliphatic rings. The van der Waals surface area contributed by atoms with E-state index in [4.69, 9.17) is 17.5 Å². The fourth-order valence-corrected chi connectivity index (χ4v) is 2.05.